The third-order valence-corrected chi connectivity index (χ3v) is 1.70. The third kappa shape index (κ3) is 0.993. The minimum Gasteiger partial charge on any atom is -0.508 e. The average Bonchev–Trinajstić information content (AvgIpc) is 2.04. The second-order valence-electron chi connectivity index (χ2n) is 2.51. The Morgan fingerprint density at radius 2 is 2.08 bits per heavy atom. The molecule has 0 saturated carbocycles. The molecule has 1 N–H and O–H groups in total. The fourth-order valence-corrected chi connectivity index (χ4v) is 1.13. The molecule has 0 unspecified atom stereocenters. The molecule has 0 aliphatic heterocycles. The fourth-order valence-electron chi connectivity index (χ4n) is 1.13. The van der Waals surface area contributed by atoms with Crippen LogP contribution in [0.4, 0.5) is 4.39 Å². The normalized spacial score (nSPS) is 10.4. The largest absolute Gasteiger partial charge is 0.508 e. The molecule has 1 aromatic carbocycles. The lowest BCUT2D eigenvalue weighted by molar-refractivity contribution is 0.476. The van der Waals surface area contributed by atoms with Crippen molar-refractivity contribution in [3.63, 3.8) is 0 Å². The molecule has 1 heterocycles. The molecule has 0 aliphatic rings. The Morgan fingerprint density at radius 1 is 1.25 bits per heavy atom. The first-order valence-electron chi connectivity index (χ1n) is 3.50. The van der Waals surface area contributed by atoms with Crippen LogP contribution in [-0.2, 0) is 0 Å². The highest BCUT2D eigenvalue weighted by Crippen LogP contribution is 2.20. The van der Waals surface area contributed by atoms with Gasteiger partial charge >= 0.3 is 0 Å². The van der Waals surface area contributed by atoms with Gasteiger partial charge in [-0.3, -0.25) is 0 Å². The maximum absolute atomic E-state index is 12.9. The van der Waals surface area contributed by atoms with Crippen molar-refractivity contribution in [2.75, 3.05) is 0 Å². The SMILES string of the molecule is Oc1ccc2c(F)nccc2c1. The van der Waals surface area contributed by atoms with Crippen molar-refractivity contribution >= 4 is 10.8 Å². The standard InChI is InChI=1S/C9H6FNO/c10-9-8-2-1-7(12)5-6(8)3-4-11-9/h1-5,12H. The van der Waals surface area contributed by atoms with Crippen LogP contribution >= 0.6 is 0 Å². The Balaban J connectivity index is 2.86. The summed E-state index contributed by atoms with van der Waals surface area (Å²) in [7, 11) is 0. The second kappa shape index (κ2) is 2.44. The molecule has 3 heteroatoms. The van der Waals surface area contributed by atoms with Gasteiger partial charge in [0.15, 0.2) is 0 Å². The number of fused-ring (bicyclic) bond motifs is 1. The Kier molecular flexibility index (Phi) is 1.43. The summed E-state index contributed by atoms with van der Waals surface area (Å²) >= 11 is 0. The molecule has 2 nitrogen and oxygen atoms in total. The molecule has 12 heavy (non-hydrogen) atoms. The Bertz CT molecular complexity index is 428. The Morgan fingerprint density at radius 3 is 2.92 bits per heavy atom. The van der Waals surface area contributed by atoms with Gasteiger partial charge < -0.3 is 5.11 Å². The summed E-state index contributed by atoms with van der Waals surface area (Å²) in [6.07, 6.45) is 1.37. The molecule has 0 bridgehead atoms. The second-order valence-corrected chi connectivity index (χ2v) is 2.51. The van der Waals surface area contributed by atoms with Gasteiger partial charge in [0.25, 0.3) is 0 Å². The van der Waals surface area contributed by atoms with E-state index in [9.17, 15) is 4.39 Å². The molecule has 0 fully saturated rings. The summed E-state index contributed by atoms with van der Waals surface area (Å²) in [6.45, 7) is 0. The van der Waals surface area contributed by atoms with Gasteiger partial charge in [0.05, 0.1) is 0 Å². The smallest absolute Gasteiger partial charge is 0.220 e. The topological polar surface area (TPSA) is 33.1 Å². The van der Waals surface area contributed by atoms with Crippen LogP contribution in [0.3, 0.4) is 0 Å². The quantitative estimate of drug-likeness (QED) is 0.603. The van der Waals surface area contributed by atoms with Crippen molar-refractivity contribution in [2.24, 2.45) is 0 Å². The van der Waals surface area contributed by atoms with Crippen LogP contribution in [0.5, 0.6) is 5.75 Å². The van der Waals surface area contributed by atoms with E-state index in [2.05, 4.69) is 4.98 Å². The summed E-state index contributed by atoms with van der Waals surface area (Å²) in [5.74, 6) is -0.374. The van der Waals surface area contributed by atoms with E-state index in [1.807, 2.05) is 0 Å². The van der Waals surface area contributed by atoms with E-state index in [1.165, 1.54) is 24.4 Å². The van der Waals surface area contributed by atoms with Gasteiger partial charge in [-0.2, -0.15) is 4.39 Å². The van der Waals surface area contributed by atoms with Crippen LogP contribution in [0.15, 0.2) is 30.5 Å². The van der Waals surface area contributed by atoms with Crippen LogP contribution < -0.4 is 0 Å². The van der Waals surface area contributed by atoms with Gasteiger partial charge in [-0.15, -0.1) is 0 Å². The number of hydrogen-bond acceptors (Lipinski definition) is 2. The van der Waals surface area contributed by atoms with Crippen molar-refractivity contribution < 1.29 is 9.50 Å². The third-order valence-electron chi connectivity index (χ3n) is 1.70. The van der Waals surface area contributed by atoms with Crippen LogP contribution in [0.2, 0.25) is 0 Å². The van der Waals surface area contributed by atoms with E-state index in [0.717, 1.165) is 0 Å². The molecule has 60 valence electrons. The number of benzene rings is 1. The zero-order valence-corrected chi connectivity index (χ0v) is 6.16. The first-order valence-corrected chi connectivity index (χ1v) is 3.50. The van der Waals surface area contributed by atoms with Crippen molar-refractivity contribution in [3.8, 4) is 5.75 Å². The number of aromatic nitrogens is 1. The number of rotatable bonds is 0. The van der Waals surface area contributed by atoms with Gasteiger partial charge in [0.1, 0.15) is 5.75 Å². The van der Waals surface area contributed by atoms with Crippen molar-refractivity contribution in [3.05, 3.63) is 36.4 Å². The number of pyridine rings is 1. The highest BCUT2D eigenvalue weighted by atomic mass is 19.1. The minimum absolute atomic E-state index is 0.133. The molecule has 0 amide bonds. The molecule has 0 saturated heterocycles. The van der Waals surface area contributed by atoms with E-state index in [1.54, 1.807) is 6.07 Å². The van der Waals surface area contributed by atoms with E-state index in [0.29, 0.717) is 10.8 Å². The zero-order chi connectivity index (χ0) is 8.55. The highest BCUT2D eigenvalue weighted by molar-refractivity contribution is 5.83. The zero-order valence-electron chi connectivity index (χ0n) is 6.16. The average molecular weight is 163 g/mol. The number of nitrogens with zero attached hydrogens (tertiary/aromatic N) is 1. The summed E-state index contributed by atoms with van der Waals surface area (Å²) in [4.78, 5) is 3.49. The predicted octanol–water partition coefficient (Wildman–Crippen LogP) is 2.08. The maximum atomic E-state index is 12.9. The lowest BCUT2D eigenvalue weighted by Crippen LogP contribution is -1.82. The summed E-state index contributed by atoms with van der Waals surface area (Å²) in [5, 5.41) is 10.2. The molecule has 0 spiro atoms. The summed E-state index contributed by atoms with van der Waals surface area (Å²) < 4.78 is 12.9. The molecule has 2 aromatic rings. The van der Waals surface area contributed by atoms with Crippen molar-refractivity contribution in [1.29, 1.82) is 0 Å². The predicted molar refractivity (Wildman–Crippen MR) is 43.4 cm³/mol. The van der Waals surface area contributed by atoms with Crippen molar-refractivity contribution in [1.82, 2.24) is 4.98 Å². The van der Waals surface area contributed by atoms with Gasteiger partial charge in [0, 0.05) is 11.6 Å². The van der Waals surface area contributed by atoms with Crippen molar-refractivity contribution in [2.45, 2.75) is 0 Å². The van der Waals surface area contributed by atoms with Crippen LogP contribution in [0.25, 0.3) is 10.8 Å². The van der Waals surface area contributed by atoms with Gasteiger partial charge in [-0.05, 0) is 29.7 Å². The summed E-state index contributed by atoms with van der Waals surface area (Å²) in [6, 6.07) is 6.10. The molecule has 0 atom stereocenters. The Labute approximate surface area is 68.3 Å². The monoisotopic (exact) mass is 163 g/mol. The van der Waals surface area contributed by atoms with Gasteiger partial charge in [-0.25, -0.2) is 4.98 Å². The molecule has 1 aromatic heterocycles. The Hall–Kier alpha value is -1.64. The number of phenols is 1. The number of phenolic OH excluding ortho intramolecular Hbond substituents is 1. The number of halogens is 1. The van der Waals surface area contributed by atoms with E-state index in [-0.39, 0.29) is 5.75 Å². The first-order chi connectivity index (χ1) is 5.77. The summed E-state index contributed by atoms with van der Waals surface area (Å²) in [5.41, 5.74) is 0. The van der Waals surface area contributed by atoms with Gasteiger partial charge in [-0.1, -0.05) is 0 Å². The van der Waals surface area contributed by atoms with E-state index in [4.69, 9.17) is 5.11 Å². The number of aromatic hydroxyl groups is 1. The minimum atomic E-state index is -0.507. The molecule has 2 rings (SSSR count). The van der Waals surface area contributed by atoms with Crippen LogP contribution in [0, 0.1) is 5.95 Å². The molecule has 0 radical (unpaired) electrons. The maximum Gasteiger partial charge on any atom is 0.220 e. The van der Waals surface area contributed by atoms with Gasteiger partial charge in [0.2, 0.25) is 5.95 Å². The van der Waals surface area contributed by atoms with Crippen LogP contribution in [-0.4, -0.2) is 10.1 Å². The lowest BCUT2D eigenvalue weighted by Gasteiger charge is -1.97. The molecular formula is C9H6FNO. The first kappa shape index (κ1) is 7.03. The number of hydrogen-bond donors (Lipinski definition) is 1. The highest BCUT2D eigenvalue weighted by Gasteiger charge is 2.00. The fraction of sp³-hybridized carbons (Fsp3) is 0. The molecular weight excluding hydrogens is 157 g/mol. The van der Waals surface area contributed by atoms with E-state index < -0.39 is 5.95 Å². The molecule has 0 aliphatic carbocycles. The van der Waals surface area contributed by atoms with E-state index >= 15 is 0 Å². The van der Waals surface area contributed by atoms with Crippen LogP contribution in [0.1, 0.15) is 0 Å². The lowest BCUT2D eigenvalue weighted by atomic mass is 10.2.